The van der Waals surface area contributed by atoms with Crippen molar-refractivity contribution in [3.05, 3.63) is 0 Å². The number of ketones is 1. The van der Waals surface area contributed by atoms with Crippen LogP contribution in [0.5, 0.6) is 0 Å². The van der Waals surface area contributed by atoms with Gasteiger partial charge in [-0.25, -0.2) is 0 Å². The van der Waals surface area contributed by atoms with Gasteiger partial charge in [-0.2, -0.15) is 0 Å². The van der Waals surface area contributed by atoms with Gasteiger partial charge in [0, 0.05) is 24.7 Å². The van der Waals surface area contributed by atoms with Crippen LogP contribution in [0.3, 0.4) is 0 Å². The number of Topliss-reactive ketones (excluding diaryl/α,β-unsaturated/α-hetero) is 1. The molecule has 0 bridgehead atoms. The lowest BCUT2D eigenvalue weighted by molar-refractivity contribution is -0.312. The van der Waals surface area contributed by atoms with Crippen LogP contribution in [0.4, 0.5) is 0 Å². The van der Waals surface area contributed by atoms with Crippen molar-refractivity contribution in [1.29, 1.82) is 0 Å². The van der Waals surface area contributed by atoms with Crippen molar-refractivity contribution in [2.24, 2.45) is 11.8 Å². The Kier molecular flexibility index (Phi) is 2.65. The number of esters is 1. The van der Waals surface area contributed by atoms with Gasteiger partial charge in [0.1, 0.15) is 5.78 Å². The lowest BCUT2D eigenvalue weighted by Gasteiger charge is -2.16. The van der Waals surface area contributed by atoms with Gasteiger partial charge in [0.15, 0.2) is 0 Å². The summed E-state index contributed by atoms with van der Waals surface area (Å²) in [5, 5.41) is 10.5. The zero-order valence-corrected chi connectivity index (χ0v) is 7.11. The Balaban J connectivity index is 2.77. The van der Waals surface area contributed by atoms with Crippen molar-refractivity contribution in [3.8, 4) is 0 Å². The summed E-state index contributed by atoms with van der Waals surface area (Å²) in [7, 11) is 1.16. The van der Waals surface area contributed by atoms with Crippen LogP contribution in [-0.2, 0) is 19.1 Å². The van der Waals surface area contributed by atoms with Crippen LogP contribution < -0.4 is 5.11 Å². The van der Waals surface area contributed by atoms with Crippen molar-refractivity contribution in [1.82, 2.24) is 0 Å². The van der Waals surface area contributed by atoms with Crippen LogP contribution in [-0.4, -0.2) is 24.8 Å². The minimum absolute atomic E-state index is 0.0503. The highest BCUT2D eigenvalue weighted by atomic mass is 16.5. The molecule has 5 heteroatoms. The van der Waals surface area contributed by atoms with E-state index < -0.39 is 23.8 Å². The Morgan fingerprint density at radius 3 is 2.38 bits per heavy atom. The molecule has 0 heterocycles. The summed E-state index contributed by atoms with van der Waals surface area (Å²) in [6.07, 6.45) is -0.173. The Hall–Kier alpha value is -1.39. The molecule has 0 aromatic rings. The molecule has 1 aliphatic rings. The number of methoxy groups -OCH3 is 1. The van der Waals surface area contributed by atoms with Crippen molar-refractivity contribution >= 4 is 17.7 Å². The zero-order valence-electron chi connectivity index (χ0n) is 7.11. The number of carbonyl (C=O) groups is 3. The van der Waals surface area contributed by atoms with Gasteiger partial charge in [0.05, 0.1) is 13.0 Å². The normalized spacial score (nSPS) is 27.3. The molecule has 1 fully saturated rings. The fraction of sp³-hybridized carbons (Fsp3) is 0.625. The largest absolute Gasteiger partial charge is 0.550 e. The maximum atomic E-state index is 11.0. The Labute approximate surface area is 74.7 Å². The smallest absolute Gasteiger partial charge is 0.309 e. The van der Waals surface area contributed by atoms with Gasteiger partial charge in [0.2, 0.25) is 0 Å². The van der Waals surface area contributed by atoms with E-state index in [0.717, 1.165) is 7.11 Å². The predicted molar refractivity (Wildman–Crippen MR) is 38.2 cm³/mol. The molecule has 1 rings (SSSR count). The fourth-order valence-electron chi connectivity index (χ4n) is 1.50. The van der Waals surface area contributed by atoms with Crippen LogP contribution in [0.25, 0.3) is 0 Å². The summed E-state index contributed by atoms with van der Waals surface area (Å²) in [4.78, 5) is 32.4. The first-order chi connectivity index (χ1) is 6.06. The second-order valence-electron chi connectivity index (χ2n) is 3.00. The number of hydrogen-bond donors (Lipinski definition) is 0. The van der Waals surface area contributed by atoms with Crippen LogP contribution >= 0.6 is 0 Å². The quantitative estimate of drug-likeness (QED) is 0.489. The third-order valence-electron chi connectivity index (χ3n) is 2.19. The molecule has 0 radical (unpaired) electrons. The van der Waals surface area contributed by atoms with E-state index in [1.807, 2.05) is 0 Å². The highest BCUT2D eigenvalue weighted by Crippen LogP contribution is 2.29. The van der Waals surface area contributed by atoms with E-state index in [1.54, 1.807) is 0 Å². The number of rotatable bonds is 2. The molecular formula is C8H9O5-. The fourth-order valence-corrected chi connectivity index (χ4v) is 1.50. The molecule has 72 valence electrons. The first kappa shape index (κ1) is 9.70. The van der Waals surface area contributed by atoms with Crippen molar-refractivity contribution < 1.29 is 24.2 Å². The van der Waals surface area contributed by atoms with Crippen LogP contribution in [0.15, 0.2) is 0 Å². The summed E-state index contributed by atoms with van der Waals surface area (Å²) in [5.41, 5.74) is 0. The Morgan fingerprint density at radius 1 is 1.38 bits per heavy atom. The maximum absolute atomic E-state index is 11.0. The minimum atomic E-state index is -1.36. The lowest BCUT2D eigenvalue weighted by atomic mass is 9.97. The highest BCUT2D eigenvalue weighted by Gasteiger charge is 2.39. The topological polar surface area (TPSA) is 83.5 Å². The molecule has 0 N–H and O–H groups in total. The van der Waals surface area contributed by atoms with Gasteiger partial charge >= 0.3 is 5.97 Å². The number of hydrogen-bond acceptors (Lipinski definition) is 5. The maximum Gasteiger partial charge on any atom is 0.309 e. The van der Waals surface area contributed by atoms with Gasteiger partial charge in [-0.1, -0.05) is 0 Å². The van der Waals surface area contributed by atoms with E-state index in [2.05, 4.69) is 4.74 Å². The molecule has 0 aromatic heterocycles. The second-order valence-corrected chi connectivity index (χ2v) is 3.00. The van der Waals surface area contributed by atoms with Crippen LogP contribution in [0.1, 0.15) is 12.8 Å². The highest BCUT2D eigenvalue weighted by molar-refractivity contribution is 5.94. The first-order valence-electron chi connectivity index (χ1n) is 3.86. The second kappa shape index (κ2) is 3.55. The average molecular weight is 185 g/mol. The number of carboxylic acids is 1. The van der Waals surface area contributed by atoms with Crippen molar-refractivity contribution in [3.63, 3.8) is 0 Å². The van der Waals surface area contributed by atoms with E-state index in [9.17, 15) is 19.5 Å². The van der Waals surface area contributed by atoms with Crippen molar-refractivity contribution in [2.45, 2.75) is 12.8 Å². The van der Waals surface area contributed by atoms with E-state index in [1.165, 1.54) is 0 Å². The van der Waals surface area contributed by atoms with Gasteiger partial charge < -0.3 is 14.6 Å². The molecule has 0 aromatic carbocycles. The first-order valence-corrected chi connectivity index (χ1v) is 3.86. The van der Waals surface area contributed by atoms with E-state index in [-0.39, 0.29) is 18.6 Å². The van der Waals surface area contributed by atoms with E-state index in [4.69, 9.17) is 0 Å². The number of aliphatic carboxylic acids is 1. The molecule has 0 amide bonds. The molecule has 2 atom stereocenters. The standard InChI is InChI=1S/C8H10O5/c1-13-8(12)6-3-4(9)2-5(6)7(10)11/h5-6H,2-3H2,1H3,(H,10,11)/p-1. The van der Waals surface area contributed by atoms with Gasteiger partial charge in [-0.15, -0.1) is 0 Å². The summed E-state index contributed by atoms with van der Waals surface area (Å²) in [5.74, 6) is -4.12. The summed E-state index contributed by atoms with van der Waals surface area (Å²) in [6.45, 7) is 0. The molecule has 1 saturated carbocycles. The molecule has 13 heavy (non-hydrogen) atoms. The molecule has 2 unspecified atom stereocenters. The molecule has 0 saturated heterocycles. The van der Waals surface area contributed by atoms with Gasteiger partial charge in [-0.05, 0) is 0 Å². The molecule has 0 spiro atoms. The molecule has 1 aliphatic carbocycles. The third kappa shape index (κ3) is 1.85. The monoisotopic (exact) mass is 185 g/mol. The molecule has 0 aliphatic heterocycles. The minimum Gasteiger partial charge on any atom is -0.550 e. The van der Waals surface area contributed by atoms with E-state index in [0.29, 0.717) is 0 Å². The Bertz CT molecular complexity index is 257. The van der Waals surface area contributed by atoms with E-state index >= 15 is 0 Å². The third-order valence-corrected chi connectivity index (χ3v) is 2.19. The zero-order chi connectivity index (χ0) is 10.0. The lowest BCUT2D eigenvalue weighted by Crippen LogP contribution is -2.36. The average Bonchev–Trinajstić information content (AvgIpc) is 2.46. The number of carboxylic acid groups (broad SMARTS) is 1. The van der Waals surface area contributed by atoms with Crippen LogP contribution in [0, 0.1) is 11.8 Å². The summed E-state index contributed by atoms with van der Waals surface area (Å²) in [6, 6.07) is 0. The number of carbonyl (C=O) groups excluding carboxylic acids is 3. The Morgan fingerprint density at radius 2 is 1.92 bits per heavy atom. The van der Waals surface area contributed by atoms with Crippen molar-refractivity contribution in [2.75, 3.05) is 7.11 Å². The SMILES string of the molecule is COC(=O)C1CC(=O)CC1C(=O)[O-]. The molecule has 5 nitrogen and oxygen atoms in total. The van der Waals surface area contributed by atoms with Gasteiger partial charge in [-0.3, -0.25) is 9.59 Å². The summed E-state index contributed by atoms with van der Waals surface area (Å²) < 4.78 is 4.38. The van der Waals surface area contributed by atoms with Crippen LogP contribution in [0.2, 0.25) is 0 Å². The number of ether oxygens (including phenoxy) is 1. The predicted octanol–water partition coefficient (Wildman–Crippen LogP) is -1.50. The summed E-state index contributed by atoms with van der Waals surface area (Å²) >= 11 is 0. The van der Waals surface area contributed by atoms with Gasteiger partial charge in [0.25, 0.3) is 0 Å². The molecular weight excluding hydrogens is 176 g/mol.